The van der Waals surface area contributed by atoms with Gasteiger partial charge in [-0.2, -0.15) is 0 Å². The van der Waals surface area contributed by atoms with Gasteiger partial charge in [0.1, 0.15) is 0 Å². The van der Waals surface area contributed by atoms with Gasteiger partial charge in [0.2, 0.25) is 0 Å². The normalized spacial score (nSPS) is 16.8. The highest BCUT2D eigenvalue weighted by molar-refractivity contribution is 7.12. The van der Waals surface area contributed by atoms with E-state index in [-0.39, 0.29) is 0 Å². The molecule has 18 heavy (non-hydrogen) atoms. The molecule has 3 rings (SSSR count). The van der Waals surface area contributed by atoms with E-state index in [2.05, 4.69) is 43.0 Å². The van der Waals surface area contributed by atoms with E-state index >= 15 is 0 Å². The second-order valence-corrected chi connectivity index (χ2v) is 6.33. The average molecular weight is 258 g/mol. The van der Waals surface area contributed by atoms with Crippen molar-refractivity contribution in [3.05, 3.63) is 51.2 Å². The number of thiophene rings is 1. The van der Waals surface area contributed by atoms with Crippen molar-refractivity contribution in [2.45, 2.75) is 33.0 Å². The van der Waals surface area contributed by atoms with Gasteiger partial charge < -0.3 is 5.73 Å². The summed E-state index contributed by atoms with van der Waals surface area (Å²) in [6.07, 6.45) is 0. The topological polar surface area (TPSA) is 29.3 Å². The summed E-state index contributed by atoms with van der Waals surface area (Å²) >= 11 is 1.89. The lowest BCUT2D eigenvalue weighted by atomic mass is 10.1. The maximum Gasteiger partial charge on any atom is 0.0420 e. The predicted molar refractivity (Wildman–Crippen MR) is 77.6 cm³/mol. The lowest BCUT2D eigenvalue weighted by Gasteiger charge is -2.22. The Morgan fingerprint density at radius 2 is 2.06 bits per heavy atom. The van der Waals surface area contributed by atoms with Crippen molar-refractivity contribution in [3.63, 3.8) is 0 Å². The maximum absolute atomic E-state index is 6.05. The van der Waals surface area contributed by atoms with Crippen LogP contribution in [-0.4, -0.2) is 4.90 Å². The van der Waals surface area contributed by atoms with Crippen LogP contribution in [0.2, 0.25) is 0 Å². The van der Waals surface area contributed by atoms with Crippen LogP contribution < -0.4 is 5.73 Å². The molecule has 1 aromatic heterocycles. The van der Waals surface area contributed by atoms with E-state index < -0.39 is 0 Å². The molecule has 0 saturated heterocycles. The van der Waals surface area contributed by atoms with E-state index in [9.17, 15) is 0 Å². The second-order valence-electron chi connectivity index (χ2n) is 5.01. The number of fused-ring (bicyclic) bond motifs is 1. The highest BCUT2D eigenvalue weighted by Gasteiger charge is 2.25. The molecule has 0 amide bonds. The van der Waals surface area contributed by atoms with Gasteiger partial charge >= 0.3 is 0 Å². The van der Waals surface area contributed by atoms with Crippen LogP contribution >= 0.6 is 11.3 Å². The molecular formula is C15H18N2S. The third-order valence-corrected chi connectivity index (χ3v) is 4.94. The third kappa shape index (κ3) is 1.93. The molecule has 1 atom stereocenters. The first-order valence-electron chi connectivity index (χ1n) is 6.32. The first-order chi connectivity index (χ1) is 8.65. The molecular weight excluding hydrogens is 240 g/mol. The highest BCUT2D eigenvalue weighted by Crippen LogP contribution is 2.35. The third-order valence-electron chi connectivity index (χ3n) is 3.76. The molecule has 0 saturated carbocycles. The van der Waals surface area contributed by atoms with E-state index in [1.807, 2.05) is 17.4 Å². The van der Waals surface area contributed by atoms with Gasteiger partial charge in [-0.25, -0.2) is 0 Å². The van der Waals surface area contributed by atoms with Gasteiger partial charge in [-0.15, -0.1) is 11.3 Å². The van der Waals surface area contributed by atoms with E-state index in [0.717, 1.165) is 18.8 Å². The van der Waals surface area contributed by atoms with Gasteiger partial charge in [-0.05, 0) is 43.2 Å². The first-order valence-corrected chi connectivity index (χ1v) is 7.13. The van der Waals surface area contributed by atoms with Crippen LogP contribution in [0.4, 0.5) is 5.69 Å². The van der Waals surface area contributed by atoms with Crippen LogP contribution in [0.1, 0.15) is 33.8 Å². The Kier molecular flexibility index (Phi) is 2.88. The average Bonchev–Trinajstić information content (AvgIpc) is 2.95. The quantitative estimate of drug-likeness (QED) is 0.832. The number of nitrogen functional groups attached to an aromatic ring is 1. The number of rotatable bonds is 2. The minimum Gasteiger partial charge on any atom is -0.398 e. The van der Waals surface area contributed by atoms with Crippen LogP contribution in [-0.2, 0) is 13.1 Å². The molecule has 0 bridgehead atoms. The minimum atomic E-state index is 0.468. The monoisotopic (exact) mass is 258 g/mol. The SMILES string of the molecule is Cc1ccc(C(C)N2Cc3cccc(N)c3C2)s1. The lowest BCUT2D eigenvalue weighted by molar-refractivity contribution is 0.218. The zero-order valence-electron chi connectivity index (χ0n) is 10.8. The molecule has 1 unspecified atom stereocenters. The van der Waals surface area contributed by atoms with E-state index in [0.29, 0.717) is 6.04 Å². The Labute approximate surface area is 112 Å². The summed E-state index contributed by atoms with van der Waals surface area (Å²) in [6, 6.07) is 11.2. The van der Waals surface area contributed by atoms with E-state index in [1.54, 1.807) is 0 Å². The first kappa shape index (κ1) is 11.8. The molecule has 0 spiro atoms. The Balaban J connectivity index is 1.83. The van der Waals surface area contributed by atoms with Crippen molar-refractivity contribution >= 4 is 17.0 Å². The van der Waals surface area contributed by atoms with E-state index in [1.165, 1.54) is 20.9 Å². The van der Waals surface area contributed by atoms with Crippen LogP contribution in [0.3, 0.4) is 0 Å². The van der Waals surface area contributed by atoms with Crippen molar-refractivity contribution < 1.29 is 0 Å². The number of nitrogens with two attached hydrogens (primary N) is 1. The maximum atomic E-state index is 6.05. The summed E-state index contributed by atoms with van der Waals surface area (Å²) in [5, 5.41) is 0. The smallest absolute Gasteiger partial charge is 0.0420 e. The summed E-state index contributed by atoms with van der Waals surface area (Å²) in [4.78, 5) is 5.32. The molecule has 0 fully saturated rings. The molecule has 1 aliphatic heterocycles. The van der Waals surface area contributed by atoms with Crippen molar-refractivity contribution in [2.24, 2.45) is 0 Å². The molecule has 0 aliphatic carbocycles. The molecule has 1 aliphatic rings. The van der Waals surface area contributed by atoms with Crippen LogP contribution in [0.5, 0.6) is 0 Å². The largest absolute Gasteiger partial charge is 0.398 e. The van der Waals surface area contributed by atoms with Crippen LogP contribution in [0.15, 0.2) is 30.3 Å². The lowest BCUT2D eigenvalue weighted by Crippen LogP contribution is -2.20. The van der Waals surface area contributed by atoms with Crippen LogP contribution in [0, 0.1) is 6.92 Å². The van der Waals surface area contributed by atoms with Gasteiger partial charge in [0.05, 0.1) is 0 Å². The van der Waals surface area contributed by atoms with Crippen molar-refractivity contribution in [2.75, 3.05) is 5.73 Å². The summed E-state index contributed by atoms with van der Waals surface area (Å²) in [5.41, 5.74) is 9.69. The number of nitrogens with zero attached hydrogens (tertiary/aromatic N) is 1. The fraction of sp³-hybridized carbons (Fsp3) is 0.333. The van der Waals surface area contributed by atoms with Gasteiger partial charge in [-0.1, -0.05) is 12.1 Å². The Morgan fingerprint density at radius 3 is 2.72 bits per heavy atom. The molecule has 2 nitrogen and oxygen atoms in total. The zero-order chi connectivity index (χ0) is 12.7. The number of hydrogen-bond acceptors (Lipinski definition) is 3. The van der Waals surface area contributed by atoms with Gasteiger partial charge in [0.15, 0.2) is 0 Å². The number of hydrogen-bond donors (Lipinski definition) is 1. The molecule has 2 aromatic rings. The minimum absolute atomic E-state index is 0.468. The number of aryl methyl sites for hydroxylation is 1. The fourth-order valence-corrected chi connectivity index (χ4v) is 3.57. The van der Waals surface area contributed by atoms with Crippen LogP contribution in [0.25, 0.3) is 0 Å². The summed E-state index contributed by atoms with van der Waals surface area (Å²) in [7, 11) is 0. The summed E-state index contributed by atoms with van der Waals surface area (Å²) in [5.74, 6) is 0. The Morgan fingerprint density at radius 1 is 1.22 bits per heavy atom. The van der Waals surface area contributed by atoms with Crippen molar-refractivity contribution in [1.82, 2.24) is 4.90 Å². The Bertz CT molecular complexity index is 574. The molecule has 2 N–H and O–H groups in total. The van der Waals surface area contributed by atoms with Crippen molar-refractivity contribution in [3.8, 4) is 0 Å². The second kappa shape index (κ2) is 4.41. The Hall–Kier alpha value is -1.32. The number of benzene rings is 1. The van der Waals surface area contributed by atoms with E-state index in [4.69, 9.17) is 5.73 Å². The predicted octanol–water partition coefficient (Wildman–Crippen LogP) is 3.72. The summed E-state index contributed by atoms with van der Waals surface area (Å²) in [6.45, 7) is 6.43. The molecule has 1 aromatic carbocycles. The van der Waals surface area contributed by atoms with Gasteiger partial charge in [0.25, 0.3) is 0 Å². The fourth-order valence-electron chi connectivity index (χ4n) is 2.61. The molecule has 2 heterocycles. The molecule has 3 heteroatoms. The summed E-state index contributed by atoms with van der Waals surface area (Å²) < 4.78 is 0. The number of anilines is 1. The zero-order valence-corrected chi connectivity index (χ0v) is 11.6. The van der Waals surface area contributed by atoms with Crippen molar-refractivity contribution in [1.29, 1.82) is 0 Å². The highest BCUT2D eigenvalue weighted by atomic mass is 32.1. The molecule has 0 radical (unpaired) electrons. The standard InChI is InChI=1S/C15H18N2S/c1-10-6-7-15(18-10)11(2)17-8-12-4-3-5-14(16)13(12)9-17/h3-7,11H,8-9,16H2,1-2H3. The van der Waals surface area contributed by atoms with Gasteiger partial charge in [-0.3, -0.25) is 4.90 Å². The molecule has 94 valence electrons. The van der Waals surface area contributed by atoms with Gasteiger partial charge in [0, 0.05) is 34.6 Å².